The Balaban J connectivity index is 1.43. The SMILES string of the molecule is c1ccc(OCC2COCC(COc3ccccc3)O2)cc1. The Kier molecular flexibility index (Phi) is 5.29. The number of ether oxygens (including phenoxy) is 4. The second-order valence-corrected chi connectivity index (χ2v) is 5.17. The molecule has 116 valence electrons. The summed E-state index contributed by atoms with van der Waals surface area (Å²) in [6.45, 7) is 2.06. The van der Waals surface area contributed by atoms with Crippen molar-refractivity contribution in [3.05, 3.63) is 60.7 Å². The van der Waals surface area contributed by atoms with Gasteiger partial charge < -0.3 is 18.9 Å². The third-order valence-electron chi connectivity index (χ3n) is 3.35. The van der Waals surface area contributed by atoms with Gasteiger partial charge in [0.15, 0.2) is 0 Å². The van der Waals surface area contributed by atoms with E-state index in [1.807, 2.05) is 60.7 Å². The van der Waals surface area contributed by atoms with Crippen LogP contribution in [0.2, 0.25) is 0 Å². The highest BCUT2D eigenvalue weighted by molar-refractivity contribution is 5.21. The van der Waals surface area contributed by atoms with Gasteiger partial charge in [-0.15, -0.1) is 0 Å². The van der Waals surface area contributed by atoms with Crippen LogP contribution in [0, 0.1) is 0 Å². The van der Waals surface area contributed by atoms with E-state index in [1.165, 1.54) is 0 Å². The van der Waals surface area contributed by atoms with Crippen molar-refractivity contribution in [1.29, 1.82) is 0 Å². The van der Waals surface area contributed by atoms with Crippen LogP contribution in [0.4, 0.5) is 0 Å². The average Bonchev–Trinajstić information content (AvgIpc) is 2.60. The van der Waals surface area contributed by atoms with E-state index in [2.05, 4.69) is 0 Å². The maximum absolute atomic E-state index is 5.95. The predicted octanol–water partition coefficient (Wildman–Crippen LogP) is 2.93. The van der Waals surface area contributed by atoms with Gasteiger partial charge in [-0.05, 0) is 24.3 Å². The maximum atomic E-state index is 5.95. The van der Waals surface area contributed by atoms with Gasteiger partial charge in [-0.3, -0.25) is 0 Å². The number of hydrogen-bond donors (Lipinski definition) is 0. The summed E-state index contributed by atoms with van der Waals surface area (Å²) in [5.41, 5.74) is 0. The summed E-state index contributed by atoms with van der Waals surface area (Å²) < 4.78 is 23.0. The van der Waals surface area contributed by atoms with Gasteiger partial charge in [0.1, 0.15) is 36.9 Å². The molecule has 2 atom stereocenters. The van der Waals surface area contributed by atoms with E-state index in [-0.39, 0.29) is 12.2 Å². The number of para-hydroxylation sites is 2. The van der Waals surface area contributed by atoms with Crippen molar-refractivity contribution in [2.75, 3.05) is 26.4 Å². The monoisotopic (exact) mass is 300 g/mol. The zero-order valence-corrected chi connectivity index (χ0v) is 12.4. The third kappa shape index (κ3) is 4.48. The van der Waals surface area contributed by atoms with Crippen LogP contribution in [-0.2, 0) is 9.47 Å². The number of hydrogen-bond acceptors (Lipinski definition) is 4. The van der Waals surface area contributed by atoms with Crippen molar-refractivity contribution in [3.8, 4) is 11.5 Å². The molecule has 4 nitrogen and oxygen atoms in total. The van der Waals surface area contributed by atoms with Crippen LogP contribution < -0.4 is 9.47 Å². The summed E-state index contributed by atoms with van der Waals surface area (Å²) in [5.74, 6) is 1.68. The molecule has 0 aromatic heterocycles. The minimum absolute atomic E-state index is 0.0710. The number of benzene rings is 2. The Bertz CT molecular complexity index is 494. The Hall–Kier alpha value is -2.04. The fourth-order valence-electron chi connectivity index (χ4n) is 2.27. The summed E-state index contributed by atoms with van der Waals surface area (Å²) in [6.07, 6.45) is -0.142. The van der Waals surface area contributed by atoms with Gasteiger partial charge in [0.05, 0.1) is 13.2 Å². The molecule has 0 bridgehead atoms. The van der Waals surface area contributed by atoms with Crippen LogP contribution in [0.15, 0.2) is 60.7 Å². The fraction of sp³-hybridized carbons (Fsp3) is 0.333. The Labute approximate surface area is 130 Å². The smallest absolute Gasteiger partial charge is 0.119 e. The zero-order valence-electron chi connectivity index (χ0n) is 12.4. The van der Waals surface area contributed by atoms with E-state index in [4.69, 9.17) is 18.9 Å². The molecule has 22 heavy (non-hydrogen) atoms. The minimum atomic E-state index is -0.0710. The van der Waals surface area contributed by atoms with Gasteiger partial charge >= 0.3 is 0 Å². The second kappa shape index (κ2) is 7.82. The first-order valence-corrected chi connectivity index (χ1v) is 7.49. The van der Waals surface area contributed by atoms with Crippen LogP contribution in [0.25, 0.3) is 0 Å². The second-order valence-electron chi connectivity index (χ2n) is 5.17. The highest BCUT2D eigenvalue weighted by Gasteiger charge is 2.24. The maximum Gasteiger partial charge on any atom is 0.119 e. The third-order valence-corrected chi connectivity index (χ3v) is 3.35. The van der Waals surface area contributed by atoms with Crippen LogP contribution >= 0.6 is 0 Å². The van der Waals surface area contributed by atoms with Crippen molar-refractivity contribution >= 4 is 0 Å². The Morgan fingerprint density at radius 2 is 1.18 bits per heavy atom. The van der Waals surface area contributed by atoms with Gasteiger partial charge in [-0.25, -0.2) is 0 Å². The molecule has 0 saturated carbocycles. The molecule has 0 amide bonds. The average molecular weight is 300 g/mol. The van der Waals surface area contributed by atoms with E-state index in [0.29, 0.717) is 26.4 Å². The van der Waals surface area contributed by atoms with Gasteiger partial charge in [0.25, 0.3) is 0 Å². The summed E-state index contributed by atoms with van der Waals surface area (Å²) in [7, 11) is 0. The normalized spacial score (nSPS) is 21.3. The molecule has 0 aliphatic carbocycles. The van der Waals surface area contributed by atoms with Crippen molar-refractivity contribution in [2.24, 2.45) is 0 Å². The quantitative estimate of drug-likeness (QED) is 0.822. The highest BCUT2D eigenvalue weighted by Crippen LogP contribution is 2.15. The summed E-state index contributed by atoms with van der Waals surface area (Å²) in [5, 5.41) is 0. The first-order chi connectivity index (χ1) is 10.9. The van der Waals surface area contributed by atoms with Crippen LogP contribution in [0.3, 0.4) is 0 Å². The molecule has 1 saturated heterocycles. The first-order valence-electron chi connectivity index (χ1n) is 7.49. The van der Waals surface area contributed by atoms with Crippen molar-refractivity contribution < 1.29 is 18.9 Å². The Morgan fingerprint density at radius 1 is 0.727 bits per heavy atom. The molecule has 0 spiro atoms. The fourth-order valence-corrected chi connectivity index (χ4v) is 2.27. The topological polar surface area (TPSA) is 36.9 Å². The largest absolute Gasteiger partial charge is 0.491 e. The predicted molar refractivity (Wildman–Crippen MR) is 83.4 cm³/mol. The van der Waals surface area contributed by atoms with Crippen molar-refractivity contribution in [1.82, 2.24) is 0 Å². The van der Waals surface area contributed by atoms with Crippen molar-refractivity contribution in [2.45, 2.75) is 12.2 Å². The summed E-state index contributed by atoms with van der Waals surface area (Å²) in [4.78, 5) is 0. The van der Waals surface area contributed by atoms with Crippen LogP contribution in [-0.4, -0.2) is 38.6 Å². The van der Waals surface area contributed by atoms with Crippen LogP contribution in [0.1, 0.15) is 0 Å². The van der Waals surface area contributed by atoms with E-state index in [0.717, 1.165) is 11.5 Å². The molecule has 2 aromatic rings. The van der Waals surface area contributed by atoms with E-state index < -0.39 is 0 Å². The molecule has 4 heteroatoms. The molecule has 2 unspecified atom stereocenters. The van der Waals surface area contributed by atoms with Gasteiger partial charge in [0.2, 0.25) is 0 Å². The molecule has 0 N–H and O–H groups in total. The van der Waals surface area contributed by atoms with Gasteiger partial charge in [-0.1, -0.05) is 36.4 Å². The molecule has 1 heterocycles. The molecule has 1 aliphatic heterocycles. The molecule has 2 aromatic carbocycles. The lowest BCUT2D eigenvalue weighted by molar-refractivity contribution is -0.156. The Morgan fingerprint density at radius 3 is 1.64 bits per heavy atom. The van der Waals surface area contributed by atoms with E-state index >= 15 is 0 Å². The van der Waals surface area contributed by atoms with E-state index in [1.54, 1.807) is 0 Å². The van der Waals surface area contributed by atoms with Crippen molar-refractivity contribution in [3.63, 3.8) is 0 Å². The van der Waals surface area contributed by atoms with Crippen LogP contribution in [0.5, 0.6) is 11.5 Å². The van der Waals surface area contributed by atoms with E-state index in [9.17, 15) is 0 Å². The lowest BCUT2D eigenvalue weighted by Gasteiger charge is -2.30. The summed E-state index contributed by atoms with van der Waals surface area (Å²) >= 11 is 0. The molecular formula is C18H20O4. The standard InChI is InChI=1S/C18H20O4/c1-3-7-15(8-4-1)20-13-17-11-19-12-18(22-17)14-21-16-9-5-2-6-10-16/h1-10,17-18H,11-14H2. The molecule has 0 radical (unpaired) electrons. The molecule has 3 rings (SSSR count). The molecular weight excluding hydrogens is 280 g/mol. The highest BCUT2D eigenvalue weighted by atomic mass is 16.6. The number of rotatable bonds is 6. The molecule has 1 fully saturated rings. The lowest BCUT2D eigenvalue weighted by atomic mass is 10.3. The van der Waals surface area contributed by atoms with Gasteiger partial charge in [0, 0.05) is 0 Å². The lowest BCUT2D eigenvalue weighted by Crippen LogP contribution is -2.42. The zero-order chi connectivity index (χ0) is 15.0. The van der Waals surface area contributed by atoms with Gasteiger partial charge in [-0.2, -0.15) is 0 Å². The molecule has 1 aliphatic rings. The summed E-state index contributed by atoms with van der Waals surface area (Å²) in [6, 6.07) is 19.4. The first kappa shape index (κ1) is 14.9. The minimum Gasteiger partial charge on any atom is -0.491 e.